The predicted octanol–water partition coefficient (Wildman–Crippen LogP) is 1.56. The number of rotatable bonds is 9. The molecule has 0 saturated heterocycles. The van der Waals surface area contributed by atoms with E-state index in [2.05, 4.69) is 10.3 Å². The monoisotopic (exact) mass is 240 g/mol. The number of anilines is 1. The van der Waals surface area contributed by atoms with Gasteiger partial charge in [-0.3, -0.25) is 0 Å². The first-order valence-corrected chi connectivity index (χ1v) is 5.71. The van der Waals surface area contributed by atoms with E-state index in [0.717, 1.165) is 12.2 Å². The van der Waals surface area contributed by atoms with Gasteiger partial charge in [0.1, 0.15) is 5.82 Å². The maximum absolute atomic E-state index is 5.49. The lowest BCUT2D eigenvalue weighted by Crippen LogP contribution is -2.07. The van der Waals surface area contributed by atoms with Crippen molar-refractivity contribution in [2.45, 2.75) is 6.42 Å². The van der Waals surface area contributed by atoms with Crippen molar-refractivity contribution in [3.05, 3.63) is 18.2 Å². The Labute approximate surface area is 102 Å². The zero-order valence-corrected chi connectivity index (χ0v) is 10.4. The van der Waals surface area contributed by atoms with Gasteiger partial charge in [-0.15, -0.1) is 0 Å². The minimum Gasteiger partial charge on any atom is -0.478 e. The largest absolute Gasteiger partial charge is 0.478 e. The normalized spacial score (nSPS) is 10.2. The lowest BCUT2D eigenvalue weighted by atomic mass is 10.4. The van der Waals surface area contributed by atoms with E-state index in [1.807, 2.05) is 25.2 Å². The summed E-state index contributed by atoms with van der Waals surface area (Å²) in [5.41, 5.74) is 0. The lowest BCUT2D eigenvalue weighted by Gasteiger charge is -2.07. The van der Waals surface area contributed by atoms with E-state index < -0.39 is 0 Å². The van der Waals surface area contributed by atoms with Crippen molar-refractivity contribution >= 4 is 5.82 Å². The summed E-state index contributed by atoms with van der Waals surface area (Å²) in [4.78, 5) is 4.24. The van der Waals surface area contributed by atoms with Crippen LogP contribution in [0.3, 0.4) is 0 Å². The molecule has 0 amide bonds. The van der Waals surface area contributed by atoms with E-state index in [-0.39, 0.29) is 0 Å². The fraction of sp³-hybridized carbons (Fsp3) is 0.583. The van der Waals surface area contributed by atoms with E-state index >= 15 is 0 Å². The molecule has 0 aliphatic carbocycles. The zero-order chi connectivity index (χ0) is 12.3. The highest BCUT2D eigenvalue weighted by molar-refractivity contribution is 5.35. The highest BCUT2D eigenvalue weighted by Gasteiger charge is 1.97. The molecule has 1 aromatic heterocycles. The van der Waals surface area contributed by atoms with E-state index in [0.29, 0.717) is 32.3 Å². The molecule has 5 nitrogen and oxygen atoms in total. The highest BCUT2D eigenvalue weighted by Crippen LogP contribution is 2.10. The Bertz CT molecular complexity index is 308. The van der Waals surface area contributed by atoms with Crippen LogP contribution < -0.4 is 10.1 Å². The number of pyridine rings is 1. The Morgan fingerprint density at radius 3 is 2.82 bits per heavy atom. The number of nitrogens with one attached hydrogen (secondary N) is 1. The van der Waals surface area contributed by atoms with Gasteiger partial charge in [-0.1, -0.05) is 6.07 Å². The molecule has 0 unspecified atom stereocenters. The Hall–Kier alpha value is -1.33. The summed E-state index contributed by atoms with van der Waals surface area (Å²) < 4.78 is 15.7. The van der Waals surface area contributed by atoms with Crippen LogP contribution in [0.1, 0.15) is 6.42 Å². The average molecular weight is 240 g/mol. The number of nitrogens with zero attached hydrogens (tertiary/aromatic N) is 1. The van der Waals surface area contributed by atoms with Gasteiger partial charge in [-0.05, 0) is 6.07 Å². The maximum atomic E-state index is 5.49. The second kappa shape index (κ2) is 8.78. The predicted molar refractivity (Wildman–Crippen MR) is 66.6 cm³/mol. The van der Waals surface area contributed by atoms with E-state index in [1.54, 1.807) is 7.11 Å². The molecule has 1 N–H and O–H groups in total. The molecule has 17 heavy (non-hydrogen) atoms. The maximum Gasteiger partial charge on any atom is 0.215 e. The Morgan fingerprint density at radius 1 is 1.18 bits per heavy atom. The smallest absolute Gasteiger partial charge is 0.215 e. The fourth-order valence-corrected chi connectivity index (χ4v) is 1.22. The van der Waals surface area contributed by atoms with Crippen molar-refractivity contribution in [2.75, 3.05) is 45.9 Å². The summed E-state index contributed by atoms with van der Waals surface area (Å²) in [6.45, 7) is 2.54. The van der Waals surface area contributed by atoms with Crippen LogP contribution in [0.4, 0.5) is 5.82 Å². The quantitative estimate of drug-likeness (QED) is 0.664. The van der Waals surface area contributed by atoms with Crippen molar-refractivity contribution < 1.29 is 14.2 Å². The molecule has 1 rings (SSSR count). The van der Waals surface area contributed by atoms with Gasteiger partial charge >= 0.3 is 0 Å². The molecule has 0 radical (unpaired) electrons. The van der Waals surface area contributed by atoms with Gasteiger partial charge in [0.15, 0.2) is 0 Å². The average Bonchev–Trinajstić information content (AvgIpc) is 2.38. The summed E-state index contributed by atoms with van der Waals surface area (Å²) >= 11 is 0. The molecule has 5 heteroatoms. The number of methoxy groups -OCH3 is 1. The summed E-state index contributed by atoms with van der Waals surface area (Å²) in [6.07, 6.45) is 0.842. The van der Waals surface area contributed by atoms with Crippen molar-refractivity contribution in [1.82, 2.24) is 4.98 Å². The first-order valence-electron chi connectivity index (χ1n) is 5.71. The van der Waals surface area contributed by atoms with Gasteiger partial charge in [0.25, 0.3) is 0 Å². The lowest BCUT2D eigenvalue weighted by molar-refractivity contribution is 0.0642. The van der Waals surface area contributed by atoms with Gasteiger partial charge < -0.3 is 19.5 Å². The first-order chi connectivity index (χ1) is 8.36. The Kier molecular flexibility index (Phi) is 7.09. The summed E-state index contributed by atoms with van der Waals surface area (Å²) in [5.74, 6) is 1.44. The van der Waals surface area contributed by atoms with E-state index in [1.165, 1.54) is 0 Å². The molecular weight excluding hydrogens is 220 g/mol. The number of hydrogen-bond donors (Lipinski definition) is 1. The van der Waals surface area contributed by atoms with Crippen LogP contribution in [0, 0.1) is 0 Å². The SMILES string of the molecule is CNc1cccc(OCCCOCCOC)n1. The molecule has 0 aromatic carbocycles. The van der Waals surface area contributed by atoms with Gasteiger partial charge in [0.2, 0.25) is 5.88 Å². The zero-order valence-electron chi connectivity index (χ0n) is 10.4. The molecular formula is C12H20N2O3. The third-order valence-corrected chi connectivity index (χ3v) is 2.09. The summed E-state index contributed by atoms with van der Waals surface area (Å²) in [7, 11) is 3.49. The van der Waals surface area contributed by atoms with Gasteiger partial charge in [0, 0.05) is 33.3 Å². The molecule has 1 heterocycles. The van der Waals surface area contributed by atoms with Crippen molar-refractivity contribution in [1.29, 1.82) is 0 Å². The third-order valence-electron chi connectivity index (χ3n) is 2.09. The van der Waals surface area contributed by atoms with Gasteiger partial charge in [0.05, 0.1) is 19.8 Å². The van der Waals surface area contributed by atoms with E-state index in [4.69, 9.17) is 14.2 Å². The van der Waals surface area contributed by atoms with Crippen LogP contribution in [0.5, 0.6) is 5.88 Å². The van der Waals surface area contributed by atoms with Gasteiger partial charge in [-0.2, -0.15) is 4.98 Å². The third kappa shape index (κ3) is 6.09. The van der Waals surface area contributed by atoms with E-state index in [9.17, 15) is 0 Å². The van der Waals surface area contributed by atoms with Crippen LogP contribution in [-0.4, -0.2) is 45.6 Å². The number of aromatic nitrogens is 1. The molecule has 0 aliphatic heterocycles. The second-order valence-corrected chi connectivity index (χ2v) is 3.42. The second-order valence-electron chi connectivity index (χ2n) is 3.42. The van der Waals surface area contributed by atoms with Crippen LogP contribution in [0.25, 0.3) is 0 Å². The van der Waals surface area contributed by atoms with Crippen LogP contribution >= 0.6 is 0 Å². The van der Waals surface area contributed by atoms with Gasteiger partial charge in [-0.25, -0.2) is 0 Å². The summed E-state index contributed by atoms with van der Waals surface area (Å²) in [6, 6.07) is 5.64. The van der Waals surface area contributed by atoms with Crippen molar-refractivity contribution in [3.63, 3.8) is 0 Å². The van der Waals surface area contributed by atoms with Crippen molar-refractivity contribution in [3.8, 4) is 5.88 Å². The number of ether oxygens (including phenoxy) is 3. The van der Waals surface area contributed by atoms with Crippen LogP contribution in [0.2, 0.25) is 0 Å². The molecule has 96 valence electrons. The van der Waals surface area contributed by atoms with Crippen LogP contribution in [0.15, 0.2) is 18.2 Å². The minimum atomic E-state index is 0.604. The first kappa shape index (κ1) is 13.7. The minimum absolute atomic E-state index is 0.604. The van der Waals surface area contributed by atoms with Crippen LogP contribution in [-0.2, 0) is 9.47 Å². The molecule has 0 spiro atoms. The van der Waals surface area contributed by atoms with Crippen molar-refractivity contribution in [2.24, 2.45) is 0 Å². The molecule has 1 aromatic rings. The standard InChI is InChI=1S/C12H20N2O3/c1-13-11-5-3-6-12(14-11)17-8-4-7-16-10-9-15-2/h3,5-6H,4,7-10H2,1-2H3,(H,13,14). The number of hydrogen-bond acceptors (Lipinski definition) is 5. The highest BCUT2D eigenvalue weighted by atomic mass is 16.5. The molecule has 0 saturated carbocycles. The molecule has 0 aliphatic rings. The fourth-order valence-electron chi connectivity index (χ4n) is 1.22. The molecule has 0 fully saturated rings. The Morgan fingerprint density at radius 2 is 2.06 bits per heavy atom. The Balaban J connectivity index is 2.09. The molecule has 0 atom stereocenters. The summed E-state index contributed by atoms with van der Waals surface area (Å²) in [5, 5.41) is 2.96. The molecule has 0 bridgehead atoms. The topological polar surface area (TPSA) is 52.6 Å².